The molecule has 0 saturated carbocycles. The number of carboxylic acids is 1. The lowest BCUT2D eigenvalue weighted by atomic mass is 9.99. The normalized spacial score (nSPS) is 22.6. The van der Waals surface area contributed by atoms with E-state index >= 15 is 0 Å². The third kappa shape index (κ3) is 10.8. The number of ether oxygens (including phenoxy) is 3. The average Bonchev–Trinajstić information content (AvgIpc) is 2.93. The van der Waals surface area contributed by atoms with Gasteiger partial charge in [0, 0.05) is 0 Å². The van der Waals surface area contributed by atoms with Gasteiger partial charge in [0.05, 0.1) is 12.2 Å². The van der Waals surface area contributed by atoms with E-state index in [2.05, 4.69) is 6.92 Å². The van der Waals surface area contributed by atoms with Crippen LogP contribution in [0.25, 0.3) is 0 Å². The van der Waals surface area contributed by atoms with E-state index in [-0.39, 0.29) is 12.2 Å². The standard InChI is InChI=1S/C29H46O11/c1-2-3-4-5-6-7-8-9-10-11-12-13-14-15-16-38-28(37)19-17-20(30)22(31)21(18-19)39-29-25(34)23(32)24(33)26(40-29)27(35)36/h17-18,23-26,29-34H,2-16H2,1H3,(H,35,36)/t23-,24-,25+,26-,29+/m0/s1. The number of aromatic hydroxyl groups is 2. The Morgan fingerprint density at radius 3 is 1.82 bits per heavy atom. The number of carbonyl (C=O) groups is 2. The number of carboxylic acid groups (broad SMARTS) is 1. The number of aliphatic carboxylic acids is 1. The first-order valence-electron chi connectivity index (χ1n) is 14.5. The minimum atomic E-state index is -1.93. The zero-order chi connectivity index (χ0) is 29.5. The third-order valence-corrected chi connectivity index (χ3v) is 7.08. The summed E-state index contributed by atoms with van der Waals surface area (Å²) in [6, 6.07) is 2.01. The Morgan fingerprint density at radius 2 is 1.30 bits per heavy atom. The molecular formula is C29H46O11. The maximum Gasteiger partial charge on any atom is 0.338 e. The van der Waals surface area contributed by atoms with E-state index in [9.17, 15) is 35.1 Å². The number of phenols is 2. The van der Waals surface area contributed by atoms with Gasteiger partial charge in [0.2, 0.25) is 12.0 Å². The van der Waals surface area contributed by atoms with Crippen LogP contribution < -0.4 is 4.74 Å². The fraction of sp³-hybridized carbons (Fsp3) is 0.724. The molecule has 2 rings (SSSR count). The van der Waals surface area contributed by atoms with Crippen molar-refractivity contribution in [3.63, 3.8) is 0 Å². The number of esters is 1. The van der Waals surface area contributed by atoms with Gasteiger partial charge in [-0.2, -0.15) is 0 Å². The monoisotopic (exact) mass is 570 g/mol. The van der Waals surface area contributed by atoms with Crippen molar-refractivity contribution in [1.82, 2.24) is 0 Å². The van der Waals surface area contributed by atoms with Crippen LogP contribution >= 0.6 is 0 Å². The highest BCUT2D eigenvalue weighted by atomic mass is 16.7. The van der Waals surface area contributed by atoms with Crippen molar-refractivity contribution < 1.29 is 54.4 Å². The van der Waals surface area contributed by atoms with Crippen LogP contribution in [0.4, 0.5) is 0 Å². The van der Waals surface area contributed by atoms with E-state index in [1.807, 2.05) is 0 Å². The maximum absolute atomic E-state index is 12.5. The summed E-state index contributed by atoms with van der Waals surface area (Å²) in [5.41, 5.74) is -0.156. The van der Waals surface area contributed by atoms with Crippen LogP contribution in [-0.2, 0) is 14.3 Å². The summed E-state index contributed by atoms with van der Waals surface area (Å²) in [5, 5.41) is 59.2. The van der Waals surface area contributed by atoms with Gasteiger partial charge in [-0.25, -0.2) is 9.59 Å². The van der Waals surface area contributed by atoms with Gasteiger partial charge < -0.3 is 44.8 Å². The molecule has 0 amide bonds. The van der Waals surface area contributed by atoms with Gasteiger partial charge >= 0.3 is 11.9 Å². The second-order valence-corrected chi connectivity index (χ2v) is 10.4. The van der Waals surface area contributed by atoms with Gasteiger partial charge in [-0.05, 0) is 18.6 Å². The van der Waals surface area contributed by atoms with E-state index in [4.69, 9.17) is 19.3 Å². The molecule has 0 unspecified atom stereocenters. The number of phenolic OH excluding ortho intramolecular Hbond substituents is 2. The molecule has 0 bridgehead atoms. The van der Waals surface area contributed by atoms with E-state index < -0.39 is 59.9 Å². The first-order chi connectivity index (χ1) is 19.2. The predicted octanol–water partition coefficient (Wildman–Crippen LogP) is 4.01. The van der Waals surface area contributed by atoms with Gasteiger partial charge in [0.25, 0.3) is 0 Å². The molecule has 228 valence electrons. The molecule has 11 nitrogen and oxygen atoms in total. The van der Waals surface area contributed by atoms with E-state index in [0.29, 0.717) is 6.42 Å². The van der Waals surface area contributed by atoms with Gasteiger partial charge in [0.15, 0.2) is 17.6 Å². The Kier molecular flexibility index (Phi) is 15.1. The van der Waals surface area contributed by atoms with Gasteiger partial charge in [-0.3, -0.25) is 0 Å². The molecule has 1 saturated heterocycles. The molecule has 1 aromatic carbocycles. The maximum atomic E-state index is 12.5. The highest BCUT2D eigenvalue weighted by Crippen LogP contribution is 2.38. The fourth-order valence-corrected chi connectivity index (χ4v) is 4.62. The summed E-state index contributed by atoms with van der Waals surface area (Å²) in [6.45, 7) is 2.40. The summed E-state index contributed by atoms with van der Waals surface area (Å²) in [5.74, 6) is -4.42. The fourth-order valence-electron chi connectivity index (χ4n) is 4.62. The van der Waals surface area contributed by atoms with Crippen molar-refractivity contribution in [3.05, 3.63) is 17.7 Å². The summed E-state index contributed by atoms with van der Waals surface area (Å²) in [7, 11) is 0. The second-order valence-electron chi connectivity index (χ2n) is 10.4. The number of carbonyl (C=O) groups excluding carboxylic acids is 1. The summed E-state index contributed by atoms with van der Waals surface area (Å²) in [6.07, 6.45) is 7.35. The Labute approximate surface area is 235 Å². The number of hydrogen-bond donors (Lipinski definition) is 6. The molecule has 1 fully saturated rings. The Bertz CT molecular complexity index is 906. The number of rotatable bonds is 19. The number of unbranched alkanes of at least 4 members (excludes halogenated alkanes) is 13. The van der Waals surface area contributed by atoms with Gasteiger partial charge in [-0.1, -0.05) is 90.4 Å². The predicted molar refractivity (Wildman–Crippen MR) is 145 cm³/mol. The summed E-state index contributed by atoms with van der Waals surface area (Å²) >= 11 is 0. The zero-order valence-corrected chi connectivity index (χ0v) is 23.4. The smallest absolute Gasteiger partial charge is 0.338 e. The minimum Gasteiger partial charge on any atom is -0.504 e. The lowest BCUT2D eigenvalue weighted by Crippen LogP contribution is -2.61. The topological polar surface area (TPSA) is 183 Å². The van der Waals surface area contributed by atoms with Crippen molar-refractivity contribution in [2.24, 2.45) is 0 Å². The van der Waals surface area contributed by atoms with Crippen molar-refractivity contribution in [1.29, 1.82) is 0 Å². The number of hydrogen-bond acceptors (Lipinski definition) is 10. The minimum absolute atomic E-state index is 0.156. The van der Waals surface area contributed by atoms with Gasteiger partial charge in [-0.15, -0.1) is 0 Å². The van der Waals surface area contributed by atoms with Crippen LogP contribution in [0.2, 0.25) is 0 Å². The number of benzene rings is 1. The molecule has 0 radical (unpaired) electrons. The highest BCUT2D eigenvalue weighted by Gasteiger charge is 2.48. The van der Waals surface area contributed by atoms with Crippen molar-refractivity contribution in [3.8, 4) is 17.2 Å². The van der Waals surface area contributed by atoms with Crippen molar-refractivity contribution in [2.45, 2.75) is 128 Å². The molecule has 40 heavy (non-hydrogen) atoms. The lowest BCUT2D eigenvalue weighted by Gasteiger charge is -2.38. The number of aliphatic hydroxyl groups excluding tert-OH is 3. The molecule has 0 aliphatic carbocycles. The molecule has 1 aromatic rings. The Balaban J connectivity index is 1.71. The van der Waals surface area contributed by atoms with Crippen molar-refractivity contribution in [2.75, 3.05) is 6.61 Å². The van der Waals surface area contributed by atoms with Crippen LogP contribution in [0.1, 0.15) is 107 Å². The molecule has 11 heteroatoms. The first-order valence-corrected chi connectivity index (χ1v) is 14.5. The van der Waals surface area contributed by atoms with Crippen LogP contribution in [0, 0.1) is 0 Å². The SMILES string of the molecule is CCCCCCCCCCCCCCCCOC(=O)c1cc(O)c(O)c(O[C@@H]2O[C@H](C(=O)O)[C@@H](O)[C@H](O)[C@H]2O)c1. The molecule has 1 heterocycles. The molecule has 1 aliphatic heterocycles. The largest absolute Gasteiger partial charge is 0.504 e. The Morgan fingerprint density at radius 1 is 0.775 bits per heavy atom. The average molecular weight is 571 g/mol. The molecule has 0 aromatic heterocycles. The first kappa shape index (κ1) is 33.6. The van der Waals surface area contributed by atoms with Gasteiger partial charge in [0.1, 0.15) is 18.3 Å². The highest BCUT2D eigenvalue weighted by molar-refractivity contribution is 5.91. The molecule has 6 N–H and O–H groups in total. The lowest BCUT2D eigenvalue weighted by molar-refractivity contribution is -0.271. The Hall–Kier alpha value is -2.60. The second kappa shape index (κ2) is 18.0. The molecular weight excluding hydrogens is 524 g/mol. The zero-order valence-electron chi connectivity index (χ0n) is 23.4. The van der Waals surface area contributed by atoms with Crippen LogP contribution in [-0.4, -0.2) is 79.9 Å². The van der Waals surface area contributed by atoms with E-state index in [1.54, 1.807) is 0 Å². The third-order valence-electron chi connectivity index (χ3n) is 7.08. The van der Waals surface area contributed by atoms with E-state index in [1.165, 1.54) is 64.2 Å². The van der Waals surface area contributed by atoms with Crippen LogP contribution in [0.5, 0.6) is 17.2 Å². The molecule has 5 atom stereocenters. The number of aliphatic hydroxyl groups is 3. The summed E-state index contributed by atoms with van der Waals surface area (Å²) < 4.78 is 15.5. The quantitative estimate of drug-likeness (QED) is 0.0802. The molecule has 0 spiro atoms. The van der Waals surface area contributed by atoms with E-state index in [0.717, 1.165) is 31.4 Å². The molecule has 1 aliphatic rings. The summed E-state index contributed by atoms with van der Waals surface area (Å²) in [4.78, 5) is 23.8. The van der Waals surface area contributed by atoms with Crippen LogP contribution in [0.3, 0.4) is 0 Å². The van der Waals surface area contributed by atoms with Crippen molar-refractivity contribution >= 4 is 11.9 Å². The van der Waals surface area contributed by atoms with Crippen LogP contribution in [0.15, 0.2) is 12.1 Å².